The molecule has 1 aliphatic heterocycles. The number of rotatable bonds is 4. The number of phenols is 1. The van der Waals surface area contributed by atoms with Gasteiger partial charge < -0.3 is 10.4 Å². The van der Waals surface area contributed by atoms with E-state index in [1.807, 2.05) is 12.1 Å². The molecule has 2 N–H and O–H groups in total. The molecule has 0 saturated carbocycles. The summed E-state index contributed by atoms with van der Waals surface area (Å²) < 4.78 is 0. The van der Waals surface area contributed by atoms with Gasteiger partial charge in [0.05, 0.1) is 6.04 Å². The van der Waals surface area contributed by atoms with Crippen molar-refractivity contribution in [3.63, 3.8) is 0 Å². The minimum atomic E-state index is 0.219. The quantitative estimate of drug-likeness (QED) is 0.905. The maximum atomic E-state index is 9.54. The van der Waals surface area contributed by atoms with Crippen molar-refractivity contribution in [1.29, 1.82) is 0 Å². The number of benzene rings is 2. The van der Waals surface area contributed by atoms with Gasteiger partial charge in [-0.2, -0.15) is 0 Å². The van der Waals surface area contributed by atoms with E-state index in [2.05, 4.69) is 47.6 Å². The largest absolute Gasteiger partial charge is 0.508 e. The van der Waals surface area contributed by atoms with Crippen LogP contribution in [0.25, 0.3) is 0 Å². The van der Waals surface area contributed by atoms with Crippen LogP contribution in [-0.4, -0.2) is 36.2 Å². The number of phenolic OH excluding ortho intramolecular Hbond substituents is 1. The summed E-state index contributed by atoms with van der Waals surface area (Å²) in [5, 5.41) is 13.0. The highest BCUT2D eigenvalue weighted by Crippen LogP contribution is 2.31. The van der Waals surface area contributed by atoms with E-state index in [1.54, 1.807) is 12.1 Å². The normalized spacial score (nSPS) is 19.8. The Hall–Kier alpha value is -1.84. The molecule has 1 fully saturated rings. The second-order valence-electron chi connectivity index (χ2n) is 5.72. The standard InChI is InChI=1S/C18H22N2O/c1-20(16-11-12-19-13-16)18(14-5-3-2-4-6-14)15-7-9-17(21)10-8-15/h2-10,16,18-19,21H,11-13H2,1H3. The second-order valence-corrected chi connectivity index (χ2v) is 5.72. The van der Waals surface area contributed by atoms with Crippen LogP contribution in [0.15, 0.2) is 54.6 Å². The Morgan fingerprint density at radius 2 is 1.71 bits per heavy atom. The van der Waals surface area contributed by atoms with Gasteiger partial charge in [-0.15, -0.1) is 0 Å². The zero-order valence-electron chi connectivity index (χ0n) is 12.4. The van der Waals surface area contributed by atoms with Gasteiger partial charge in [0.2, 0.25) is 0 Å². The maximum Gasteiger partial charge on any atom is 0.115 e. The Morgan fingerprint density at radius 3 is 2.33 bits per heavy atom. The minimum Gasteiger partial charge on any atom is -0.508 e. The van der Waals surface area contributed by atoms with Gasteiger partial charge in [0.15, 0.2) is 0 Å². The first kappa shape index (κ1) is 14.1. The van der Waals surface area contributed by atoms with Crippen LogP contribution in [0.2, 0.25) is 0 Å². The summed E-state index contributed by atoms with van der Waals surface area (Å²) in [6, 6.07) is 18.9. The van der Waals surface area contributed by atoms with Crippen molar-refractivity contribution in [2.24, 2.45) is 0 Å². The van der Waals surface area contributed by atoms with E-state index in [1.165, 1.54) is 17.5 Å². The Kier molecular flexibility index (Phi) is 4.23. The zero-order valence-corrected chi connectivity index (χ0v) is 12.4. The highest BCUT2D eigenvalue weighted by atomic mass is 16.3. The Balaban J connectivity index is 1.96. The summed E-state index contributed by atoms with van der Waals surface area (Å²) >= 11 is 0. The predicted molar refractivity (Wildman–Crippen MR) is 85.4 cm³/mol. The van der Waals surface area contributed by atoms with E-state index in [4.69, 9.17) is 0 Å². The number of aromatic hydroxyl groups is 1. The summed E-state index contributed by atoms with van der Waals surface area (Å²) in [7, 11) is 2.20. The minimum absolute atomic E-state index is 0.219. The molecule has 110 valence electrons. The molecule has 1 saturated heterocycles. The topological polar surface area (TPSA) is 35.5 Å². The van der Waals surface area contributed by atoms with Gasteiger partial charge in [-0.05, 0) is 43.3 Å². The van der Waals surface area contributed by atoms with Crippen molar-refractivity contribution >= 4 is 0 Å². The van der Waals surface area contributed by atoms with E-state index in [0.29, 0.717) is 11.8 Å². The van der Waals surface area contributed by atoms with E-state index in [0.717, 1.165) is 13.1 Å². The van der Waals surface area contributed by atoms with Crippen LogP contribution < -0.4 is 5.32 Å². The molecule has 0 spiro atoms. The molecule has 0 amide bonds. The molecule has 3 nitrogen and oxygen atoms in total. The number of nitrogens with one attached hydrogen (secondary N) is 1. The first-order chi connectivity index (χ1) is 10.3. The molecule has 0 aliphatic carbocycles. The van der Waals surface area contributed by atoms with Crippen molar-refractivity contribution in [1.82, 2.24) is 10.2 Å². The fourth-order valence-corrected chi connectivity index (χ4v) is 3.15. The van der Waals surface area contributed by atoms with Gasteiger partial charge in [0, 0.05) is 12.6 Å². The molecule has 2 unspecified atom stereocenters. The van der Waals surface area contributed by atoms with Gasteiger partial charge in [0.25, 0.3) is 0 Å². The van der Waals surface area contributed by atoms with E-state index < -0.39 is 0 Å². The third-order valence-electron chi connectivity index (χ3n) is 4.34. The molecule has 3 rings (SSSR count). The molecule has 0 aromatic heterocycles. The molecule has 2 atom stereocenters. The molecule has 2 aromatic carbocycles. The summed E-state index contributed by atoms with van der Waals surface area (Å²) in [5.74, 6) is 0.316. The van der Waals surface area contributed by atoms with Crippen molar-refractivity contribution < 1.29 is 5.11 Å². The molecule has 3 heteroatoms. The average molecular weight is 282 g/mol. The van der Waals surface area contributed by atoms with Crippen LogP contribution in [0.5, 0.6) is 5.75 Å². The van der Waals surface area contributed by atoms with Gasteiger partial charge in [0.1, 0.15) is 5.75 Å². The Morgan fingerprint density at radius 1 is 1.05 bits per heavy atom. The van der Waals surface area contributed by atoms with Gasteiger partial charge in [-0.1, -0.05) is 42.5 Å². The monoisotopic (exact) mass is 282 g/mol. The number of hydrogen-bond donors (Lipinski definition) is 2. The van der Waals surface area contributed by atoms with Gasteiger partial charge >= 0.3 is 0 Å². The first-order valence-corrected chi connectivity index (χ1v) is 7.52. The molecule has 0 radical (unpaired) electrons. The lowest BCUT2D eigenvalue weighted by atomic mass is 9.96. The highest BCUT2D eigenvalue weighted by Gasteiger charge is 2.27. The molecular weight excluding hydrogens is 260 g/mol. The Bertz CT molecular complexity index is 562. The lowest BCUT2D eigenvalue weighted by Crippen LogP contribution is -2.37. The first-order valence-electron chi connectivity index (χ1n) is 7.52. The lowest BCUT2D eigenvalue weighted by Gasteiger charge is -2.33. The van der Waals surface area contributed by atoms with Crippen LogP contribution in [-0.2, 0) is 0 Å². The average Bonchev–Trinajstić information content (AvgIpc) is 3.05. The molecule has 1 heterocycles. The van der Waals surface area contributed by atoms with Gasteiger partial charge in [-0.3, -0.25) is 4.90 Å². The van der Waals surface area contributed by atoms with E-state index >= 15 is 0 Å². The fourth-order valence-electron chi connectivity index (χ4n) is 3.15. The van der Waals surface area contributed by atoms with Crippen LogP contribution in [0.4, 0.5) is 0 Å². The maximum absolute atomic E-state index is 9.54. The second kappa shape index (κ2) is 6.29. The van der Waals surface area contributed by atoms with Crippen LogP contribution >= 0.6 is 0 Å². The van der Waals surface area contributed by atoms with E-state index in [-0.39, 0.29) is 6.04 Å². The summed E-state index contributed by atoms with van der Waals surface area (Å²) in [4.78, 5) is 2.45. The molecule has 21 heavy (non-hydrogen) atoms. The molecule has 1 aliphatic rings. The molecule has 0 bridgehead atoms. The molecule has 2 aromatic rings. The number of hydrogen-bond acceptors (Lipinski definition) is 3. The van der Waals surface area contributed by atoms with Crippen molar-refractivity contribution in [3.05, 3.63) is 65.7 Å². The summed E-state index contributed by atoms with van der Waals surface area (Å²) in [6.45, 7) is 2.13. The van der Waals surface area contributed by atoms with Gasteiger partial charge in [-0.25, -0.2) is 0 Å². The van der Waals surface area contributed by atoms with Crippen LogP contribution in [0.3, 0.4) is 0 Å². The smallest absolute Gasteiger partial charge is 0.115 e. The lowest BCUT2D eigenvalue weighted by molar-refractivity contribution is 0.211. The third kappa shape index (κ3) is 3.09. The summed E-state index contributed by atoms with van der Waals surface area (Å²) in [5.41, 5.74) is 2.51. The SMILES string of the molecule is CN(C1CCNC1)C(c1ccccc1)c1ccc(O)cc1. The fraction of sp³-hybridized carbons (Fsp3) is 0.333. The van der Waals surface area contributed by atoms with Crippen molar-refractivity contribution in [2.75, 3.05) is 20.1 Å². The number of nitrogens with zero attached hydrogens (tertiary/aromatic N) is 1. The number of likely N-dealkylation sites (N-methyl/N-ethyl adjacent to an activating group) is 1. The highest BCUT2D eigenvalue weighted by molar-refractivity contribution is 5.35. The zero-order chi connectivity index (χ0) is 14.7. The predicted octanol–water partition coefficient (Wildman–Crippen LogP) is 2.78. The van der Waals surface area contributed by atoms with Crippen molar-refractivity contribution in [2.45, 2.75) is 18.5 Å². The van der Waals surface area contributed by atoms with Crippen LogP contribution in [0.1, 0.15) is 23.6 Å². The Labute approximate surface area is 126 Å². The van der Waals surface area contributed by atoms with E-state index in [9.17, 15) is 5.11 Å². The molecular formula is C18H22N2O. The third-order valence-corrected chi connectivity index (χ3v) is 4.34. The summed E-state index contributed by atoms with van der Waals surface area (Å²) in [6.07, 6.45) is 1.18. The van der Waals surface area contributed by atoms with Crippen molar-refractivity contribution in [3.8, 4) is 5.75 Å². The van der Waals surface area contributed by atoms with Crippen LogP contribution in [0, 0.1) is 0 Å².